The minimum atomic E-state index is -0.787. The Morgan fingerprint density at radius 1 is 1.65 bits per heavy atom. The third-order valence-electron chi connectivity index (χ3n) is 1.99. The van der Waals surface area contributed by atoms with Crippen molar-refractivity contribution in [2.45, 2.75) is 6.10 Å². The molecule has 94 valence electrons. The minimum Gasteiger partial charge on any atom is -0.484 e. The number of nitrogens with zero attached hydrogens (tertiary/aromatic N) is 1. The number of rotatable bonds is 6. The van der Waals surface area contributed by atoms with Crippen LogP contribution in [-0.2, 0) is 0 Å². The highest BCUT2D eigenvalue weighted by molar-refractivity contribution is 5.46. The van der Waals surface area contributed by atoms with Gasteiger partial charge in [-0.15, -0.1) is 0 Å². The zero-order valence-corrected chi connectivity index (χ0v) is 9.22. The summed E-state index contributed by atoms with van der Waals surface area (Å²) in [6, 6.07) is 3.01. The normalized spacial score (nSPS) is 12.2. The summed E-state index contributed by atoms with van der Waals surface area (Å²) in [5, 5.41) is 22.7. The van der Waals surface area contributed by atoms with E-state index in [2.05, 4.69) is 5.32 Å². The topological polar surface area (TPSA) is 84.6 Å². The third-order valence-corrected chi connectivity index (χ3v) is 1.99. The highest BCUT2D eigenvalue weighted by Gasteiger charge is 2.17. The molecule has 1 atom stereocenters. The average Bonchev–Trinajstić information content (AvgIpc) is 2.27. The van der Waals surface area contributed by atoms with Gasteiger partial charge >= 0.3 is 5.69 Å². The quantitative estimate of drug-likeness (QED) is 0.568. The van der Waals surface area contributed by atoms with Gasteiger partial charge in [-0.3, -0.25) is 10.1 Å². The smallest absolute Gasteiger partial charge is 0.313 e. The Hall–Kier alpha value is -1.73. The molecule has 0 aromatic heterocycles. The minimum absolute atomic E-state index is 0.0634. The van der Waals surface area contributed by atoms with E-state index in [-0.39, 0.29) is 12.4 Å². The molecule has 0 aliphatic heterocycles. The number of hydrogen-bond donors (Lipinski definition) is 2. The molecule has 0 spiro atoms. The zero-order valence-electron chi connectivity index (χ0n) is 9.22. The first-order chi connectivity index (χ1) is 8.04. The monoisotopic (exact) mass is 244 g/mol. The maximum Gasteiger partial charge on any atom is 0.313 e. The lowest BCUT2D eigenvalue weighted by atomic mass is 10.3. The molecule has 0 aliphatic carbocycles. The van der Waals surface area contributed by atoms with E-state index in [9.17, 15) is 19.6 Å². The Bertz CT molecular complexity index is 400. The van der Waals surface area contributed by atoms with Gasteiger partial charge in [-0.05, 0) is 19.2 Å². The fourth-order valence-electron chi connectivity index (χ4n) is 1.24. The van der Waals surface area contributed by atoms with E-state index in [1.807, 2.05) is 0 Å². The molecule has 6 nitrogen and oxygen atoms in total. The summed E-state index contributed by atoms with van der Waals surface area (Å²) in [4.78, 5) is 9.90. The summed E-state index contributed by atoms with van der Waals surface area (Å²) < 4.78 is 17.9. The first-order valence-electron chi connectivity index (χ1n) is 4.94. The second-order valence-electron chi connectivity index (χ2n) is 3.39. The largest absolute Gasteiger partial charge is 0.484 e. The number of nitro benzene ring substituents is 1. The van der Waals surface area contributed by atoms with Crippen molar-refractivity contribution >= 4 is 5.69 Å². The van der Waals surface area contributed by atoms with Crippen molar-refractivity contribution in [1.82, 2.24) is 5.32 Å². The van der Waals surface area contributed by atoms with E-state index in [4.69, 9.17) is 4.74 Å². The van der Waals surface area contributed by atoms with Gasteiger partial charge < -0.3 is 15.2 Å². The van der Waals surface area contributed by atoms with Crippen molar-refractivity contribution in [2.75, 3.05) is 20.2 Å². The standard InChI is InChI=1S/C10H13FN2O4/c1-12-5-8(14)6-17-10-3-2-7(11)4-9(10)13(15)16/h2-4,8,12,14H,5-6H2,1H3. The Kier molecular flexibility index (Phi) is 4.80. The van der Waals surface area contributed by atoms with E-state index in [1.54, 1.807) is 7.05 Å². The maximum atomic E-state index is 12.8. The molecule has 0 fully saturated rings. The molecule has 0 radical (unpaired) electrons. The number of halogens is 1. The fraction of sp³-hybridized carbons (Fsp3) is 0.400. The van der Waals surface area contributed by atoms with Crippen LogP contribution in [0.15, 0.2) is 18.2 Å². The first kappa shape index (κ1) is 13.3. The van der Waals surface area contributed by atoms with Crippen molar-refractivity contribution in [3.8, 4) is 5.75 Å². The lowest BCUT2D eigenvalue weighted by Crippen LogP contribution is -2.29. The molecule has 1 aromatic carbocycles. The molecule has 0 aliphatic rings. The number of nitrogens with one attached hydrogen (secondary N) is 1. The summed E-state index contributed by atoms with van der Waals surface area (Å²) in [6.07, 6.45) is -0.787. The van der Waals surface area contributed by atoms with Crippen molar-refractivity contribution in [1.29, 1.82) is 0 Å². The van der Waals surface area contributed by atoms with Crippen LogP contribution in [0, 0.1) is 15.9 Å². The number of nitro groups is 1. The van der Waals surface area contributed by atoms with Crippen LogP contribution in [0.5, 0.6) is 5.75 Å². The maximum absolute atomic E-state index is 12.8. The van der Waals surface area contributed by atoms with Gasteiger partial charge in [0.1, 0.15) is 18.5 Å². The van der Waals surface area contributed by atoms with Gasteiger partial charge in [0.15, 0.2) is 5.75 Å². The predicted octanol–water partition coefficient (Wildman–Crippen LogP) is 0.693. The van der Waals surface area contributed by atoms with Crippen LogP contribution in [0.3, 0.4) is 0 Å². The number of ether oxygens (including phenoxy) is 1. The lowest BCUT2D eigenvalue weighted by Gasteiger charge is -2.11. The predicted molar refractivity (Wildman–Crippen MR) is 58.5 cm³/mol. The molecule has 0 saturated heterocycles. The summed E-state index contributed by atoms with van der Waals surface area (Å²) >= 11 is 0. The van der Waals surface area contributed by atoms with Crippen LogP contribution < -0.4 is 10.1 Å². The summed E-state index contributed by atoms with van der Waals surface area (Å²) in [6.45, 7) is 0.197. The molecule has 0 amide bonds. The van der Waals surface area contributed by atoms with Gasteiger partial charge in [0.05, 0.1) is 11.0 Å². The second kappa shape index (κ2) is 6.12. The lowest BCUT2D eigenvalue weighted by molar-refractivity contribution is -0.386. The summed E-state index contributed by atoms with van der Waals surface area (Å²) in [5.41, 5.74) is -0.457. The molecule has 2 N–H and O–H groups in total. The molecular formula is C10H13FN2O4. The number of hydrogen-bond acceptors (Lipinski definition) is 5. The summed E-state index contributed by atoms with van der Waals surface area (Å²) in [5.74, 6) is -0.772. The van der Waals surface area contributed by atoms with Crippen molar-refractivity contribution < 1.29 is 19.2 Å². The number of aliphatic hydroxyl groups is 1. The Morgan fingerprint density at radius 2 is 2.35 bits per heavy atom. The van der Waals surface area contributed by atoms with E-state index >= 15 is 0 Å². The van der Waals surface area contributed by atoms with E-state index in [0.717, 1.165) is 12.1 Å². The highest BCUT2D eigenvalue weighted by atomic mass is 19.1. The van der Waals surface area contributed by atoms with Crippen LogP contribution in [0.25, 0.3) is 0 Å². The van der Waals surface area contributed by atoms with Crippen molar-refractivity contribution in [3.63, 3.8) is 0 Å². The van der Waals surface area contributed by atoms with Gasteiger partial charge in [0, 0.05) is 6.54 Å². The van der Waals surface area contributed by atoms with Crippen LogP contribution in [0.1, 0.15) is 0 Å². The third kappa shape index (κ3) is 3.97. The molecule has 17 heavy (non-hydrogen) atoms. The zero-order chi connectivity index (χ0) is 12.8. The Labute approximate surface area is 97.2 Å². The van der Waals surface area contributed by atoms with Crippen LogP contribution in [0.4, 0.5) is 10.1 Å². The molecular weight excluding hydrogens is 231 g/mol. The molecule has 1 rings (SSSR count). The van der Waals surface area contributed by atoms with E-state index < -0.39 is 22.5 Å². The molecule has 0 bridgehead atoms. The first-order valence-corrected chi connectivity index (χ1v) is 4.94. The number of benzene rings is 1. The molecule has 7 heteroatoms. The Morgan fingerprint density at radius 3 is 2.94 bits per heavy atom. The van der Waals surface area contributed by atoms with E-state index in [0.29, 0.717) is 6.54 Å². The van der Waals surface area contributed by atoms with Crippen LogP contribution in [-0.4, -0.2) is 36.3 Å². The van der Waals surface area contributed by atoms with Crippen LogP contribution >= 0.6 is 0 Å². The molecule has 1 aromatic rings. The fourth-order valence-corrected chi connectivity index (χ4v) is 1.24. The second-order valence-corrected chi connectivity index (χ2v) is 3.39. The van der Waals surface area contributed by atoms with Gasteiger partial charge in [0.25, 0.3) is 0 Å². The SMILES string of the molecule is CNCC(O)COc1ccc(F)cc1[N+](=O)[O-]. The van der Waals surface area contributed by atoms with Gasteiger partial charge in [-0.25, -0.2) is 4.39 Å². The van der Waals surface area contributed by atoms with Crippen molar-refractivity contribution in [2.24, 2.45) is 0 Å². The highest BCUT2D eigenvalue weighted by Crippen LogP contribution is 2.27. The van der Waals surface area contributed by atoms with Gasteiger partial charge in [-0.1, -0.05) is 0 Å². The Balaban J connectivity index is 2.73. The number of aliphatic hydroxyl groups excluding tert-OH is 1. The summed E-state index contributed by atoms with van der Waals surface area (Å²) in [7, 11) is 1.66. The molecule has 1 unspecified atom stereocenters. The molecule has 0 saturated carbocycles. The van der Waals surface area contributed by atoms with Gasteiger partial charge in [0.2, 0.25) is 0 Å². The molecule has 0 heterocycles. The van der Waals surface area contributed by atoms with E-state index in [1.165, 1.54) is 6.07 Å². The number of likely N-dealkylation sites (N-methyl/N-ethyl adjacent to an activating group) is 1. The van der Waals surface area contributed by atoms with Crippen LogP contribution in [0.2, 0.25) is 0 Å². The van der Waals surface area contributed by atoms with Crippen molar-refractivity contribution in [3.05, 3.63) is 34.1 Å². The average molecular weight is 244 g/mol. The van der Waals surface area contributed by atoms with Gasteiger partial charge in [-0.2, -0.15) is 0 Å².